The van der Waals surface area contributed by atoms with Crippen molar-refractivity contribution >= 4 is 34.2 Å². The maximum absolute atomic E-state index is 13.8. The summed E-state index contributed by atoms with van der Waals surface area (Å²) in [6.07, 6.45) is 0.920. The lowest BCUT2D eigenvalue weighted by Crippen LogP contribution is -2.29. The standard InChI is InChI=1S/C30H28ClNO5/c1-4-35-22-11-9-21(10-12-22)32-27(19-6-5-7-23(16-19)36-15-14-18(2)3)26-28(33)24-17-20(31)8-13-25(24)37-29(26)30(32)34/h5-13,16-18,27H,4,14-15H2,1-3H3. The van der Waals surface area contributed by atoms with Gasteiger partial charge >= 0.3 is 0 Å². The van der Waals surface area contributed by atoms with Gasteiger partial charge in [-0.2, -0.15) is 0 Å². The Morgan fingerprint density at radius 3 is 2.49 bits per heavy atom. The molecule has 0 aliphatic carbocycles. The molecular formula is C30H28ClNO5. The predicted octanol–water partition coefficient (Wildman–Crippen LogP) is 7.02. The lowest BCUT2D eigenvalue weighted by Gasteiger charge is -2.25. The first-order valence-electron chi connectivity index (χ1n) is 12.4. The Bertz CT molecular complexity index is 1510. The Balaban J connectivity index is 1.65. The second kappa shape index (κ2) is 10.3. The average Bonchev–Trinajstić information content (AvgIpc) is 3.18. The van der Waals surface area contributed by atoms with Crippen LogP contribution in [0.25, 0.3) is 11.0 Å². The highest BCUT2D eigenvalue weighted by molar-refractivity contribution is 6.31. The predicted molar refractivity (Wildman–Crippen MR) is 145 cm³/mol. The van der Waals surface area contributed by atoms with Crippen molar-refractivity contribution < 1.29 is 18.7 Å². The van der Waals surface area contributed by atoms with Gasteiger partial charge in [0.05, 0.1) is 30.2 Å². The quantitative estimate of drug-likeness (QED) is 0.251. The normalized spacial score (nSPS) is 14.9. The zero-order valence-corrected chi connectivity index (χ0v) is 21.7. The van der Waals surface area contributed by atoms with Crippen molar-refractivity contribution in [2.45, 2.75) is 33.2 Å². The molecule has 0 saturated heterocycles. The molecule has 0 bridgehead atoms. The first-order valence-corrected chi connectivity index (χ1v) is 12.8. The number of carbonyl (C=O) groups excluding carboxylic acids is 1. The highest BCUT2D eigenvalue weighted by atomic mass is 35.5. The fourth-order valence-corrected chi connectivity index (χ4v) is 4.76. The molecular weight excluding hydrogens is 490 g/mol. The molecule has 190 valence electrons. The van der Waals surface area contributed by atoms with Crippen LogP contribution in [0.4, 0.5) is 5.69 Å². The summed E-state index contributed by atoms with van der Waals surface area (Å²) in [4.78, 5) is 29.2. The van der Waals surface area contributed by atoms with Gasteiger partial charge in [-0.15, -0.1) is 0 Å². The minimum Gasteiger partial charge on any atom is -0.494 e. The van der Waals surface area contributed by atoms with E-state index in [0.717, 1.165) is 12.0 Å². The van der Waals surface area contributed by atoms with Crippen molar-refractivity contribution in [3.63, 3.8) is 0 Å². The van der Waals surface area contributed by atoms with Crippen LogP contribution in [-0.4, -0.2) is 19.1 Å². The van der Waals surface area contributed by atoms with E-state index in [1.54, 1.807) is 23.1 Å². The minimum atomic E-state index is -0.700. The molecule has 0 spiro atoms. The summed E-state index contributed by atoms with van der Waals surface area (Å²) in [6, 6.07) is 18.9. The molecule has 1 unspecified atom stereocenters. The van der Waals surface area contributed by atoms with E-state index in [2.05, 4.69) is 13.8 Å². The third-order valence-corrected chi connectivity index (χ3v) is 6.63. The van der Waals surface area contributed by atoms with Gasteiger partial charge in [0.2, 0.25) is 5.76 Å². The monoisotopic (exact) mass is 517 g/mol. The van der Waals surface area contributed by atoms with E-state index in [4.69, 9.17) is 25.5 Å². The summed E-state index contributed by atoms with van der Waals surface area (Å²) in [6.45, 7) is 7.31. The topological polar surface area (TPSA) is 69.0 Å². The Morgan fingerprint density at radius 1 is 0.973 bits per heavy atom. The molecule has 3 aromatic carbocycles. The van der Waals surface area contributed by atoms with Crippen LogP contribution < -0.4 is 19.8 Å². The van der Waals surface area contributed by atoms with Crippen LogP contribution in [0.1, 0.15) is 54.9 Å². The van der Waals surface area contributed by atoms with Gasteiger partial charge in [-0.25, -0.2) is 0 Å². The summed E-state index contributed by atoms with van der Waals surface area (Å²) in [7, 11) is 0. The number of rotatable bonds is 8. The van der Waals surface area contributed by atoms with E-state index in [1.165, 1.54) is 0 Å². The van der Waals surface area contributed by atoms with E-state index in [9.17, 15) is 9.59 Å². The molecule has 1 aliphatic rings. The number of fused-ring (bicyclic) bond motifs is 2. The van der Waals surface area contributed by atoms with Gasteiger partial charge in [-0.3, -0.25) is 14.5 Å². The Morgan fingerprint density at radius 2 is 1.76 bits per heavy atom. The molecule has 6 nitrogen and oxygen atoms in total. The van der Waals surface area contributed by atoms with Gasteiger partial charge in [0.1, 0.15) is 17.1 Å². The molecule has 1 atom stereocenters. The Kier molecular flexibility index (Phi) is 6.94. The fraction of sp³-hybridized carbons (Fsp3) is 0.267. The molecule has 0 fully saturated rings. The molecule has 2 heterocycles. The Labute approximate surface area is 220 Å². The number of hydrogen-bond donors (Lipinski definition) is 0. The van der Waals surface area contributed by atoms with Crippen LogP contribution >= 0.6 is 11.6 Å². The van der Waals surface area contributed by atoms with Crippen molar-refractivity contribution in [2.75, 3.05) is 18.1 Å². The van der Waals surface area contributed by atoms with Crippen LogP contribution in [-0.2, 0) is 0 Å². The smallest absolute Gasteiger partial charge is 0.295 e. The molecule has 0 N–H and O–H groups in total. The van der Waals surface area contributed by atoms with Crippen LogP contribution in [0, 0.1) is 5.92 Å². The molecule has 5 rings (SSSR count). The lowest BCUT2D eigenvalue weighted by atomic mass is 9.98. The number of benzene rings is 3. The van der Waals surface area contributed by atoms with Gasteiger partial charge in [0.15, 0.2) is 5.43 Å². The minimum absolute atomic E-state index is 0.0323. The summed E-state index contributed by atoms with van der Waals surface area (Å²) >= 11 is 6.19. The van der Waals surface area contributed by atoms with E-state index >= 15 is 0 Å². The SMILES string of the molecule is CCOc1ccc(N2C(=O)c3oc4ccc(Cl)cc4c(=O)c3C2c2cccc(OCCC(C)C)c2)cc1. The largest absolute Gasteiger partial charge is 0.494 e. The number of carbonyl (C=O) groups is 1. The molecule has 1 aromatic heterocycles. The summed E-state index contributed by atoms with van der Waals surface area (Å²) < 4.78 is 17.6. The number of nitrogens with zero attached hydrogens (tertiary/aromatic N) is 1. The highest BCUT2D eigenvalue weighted by Crippen LogP contribution is 2.42. The van der Waals surface area contributed by atoms with Crippen LogP contribution in [0.5, 0.6) is 11.5 Å². The van der Waals surface area contributed by atoms with E-state index in [1.807, 2.05) is 55.5 Å². The summed E-state index contributed by atoms with van der Waals surface area (Å²) in [5, 5.41) is 0.756. The number of halogens is 1. The van der Waals surface area contributed by atoms with Crippen molar-refractivity contribution in [2.24, 2.45) is 5.92 Å². The number of amides is 1. The third kappa shape index (κ3) is 4.81. The molecule has 0 radical (unpaired) electrons. The van der Waals surface area contributed by atoms with Gasteiger partial charge < -0.3 is 13.9 Å². The first kappa shape index (κ1) is 24.9. The number of ether oxygens (including phenoxy) is 2. The maximum Gasteiger partial charge on any atom is 0.295 e. The van der Waals surface area contributed by atoms with Gasteiger partial charge in [0, 0.05) is 10.7 Å². The van der Waals surface area contributed by atoms with E-state index < -0.39 is 6.04 Å². The second-order valence-corrected chi connectivity index (χ2v) is 9.86. The van der Waals surface area contributed by atoms with Crippen molar-refractivity contribution in [3.05, 3.63) is 98.9 Å². The molecule has 1 aliphatic heterocycles. The zero-order chi connectivity index (χ0) is 26.1. The first-order chi connectivity index (χ1) is 17.9. The van der Waals surface area contributed by atoms with Crippen LogP contribution in [0.2, 0.25) is 5.02 Å². The van der Waals surface area contributed by atoms with Gasteiger partial charge in [0.25, 0.3) is 5.91 Å². The van der Waals surface area contributed by atoms with Crippen molar-refractivity contribution in [1.29, 1.82) is 0 Å². The fourth-order valence-electron chi connectivity index (χ4n) is 4.58. The molecule has 7 heteroatoms. The molecule has 1 amide bonds. The van der Waals surface area contributed by atoms with Gasteiger partial charge in [-0.05, 0) is 79.4 Å². The van der Waals surface area contributed by atoms with Crippen molar-refractivity contribution in [3.8, 4) is 11.5 Å². The van der Waals surface area contributed by atoms with E-state index in [-0.39, 0.29) is 22.7 Å². The molecule has 4 aromatic rings. The van der Waals surface area contributed by atoms with Gasteiger partial charge in [-0.1, -0.05) is 37.6 Å². The average molecular weight is 518 g/mol. The van der Waals surface area contributed by atoms with E-state index in [0.29, 0.717) is 52.3 Å². The second-order valence-electron chi connectivity index (χ2n) is 9.42. The number of hydrogen-bond acceptors (Lipinski definition) is 5. The number of anilines is 1. The van der Waals surface area contributed by atoms with Crippen molar-refractivity contribution in [1.82, 2.24) is 0 Å². The summed E-state index contributed by atoms with van der Waals surface area (Å²) in [5.74, 6) is 1.54. The zero-order valence-electron chi connectivity index (χ0n) is 21.0. The third-order valence-electron chi connectivity index (χ3n) is 6.40. The molecule has 37 heavy (non-hydrogen) atoms. The maximum atomic E-state index is 13.8. The Hall–Kier alpha value is -3.77. The van der Waals surface area contributed by atoms with Crippen LogP contribution in [0.3, 0.4) is 0 Å². The summed E-state index contributed by atoms with van der Waals surface area (Å²) in [5.41, 5.74) is 1.69. The highest BCUT2D eigenvalue weighted by Gasteiger charge is 2.43. The van der Waals surface area contributed by atoms with Crippen LogP contribution in [0.15, 0.2) is 75.9 Å². The molecule has 0 saturated carbocycles. The lowest BCUT2D eigenvalue weighted by molar-refractivity contribution is 0.0971.